The van der Waals surface area contributed by atoms with Gasteiger partial charge in [0.05, 0.1) is 0 Å². The number of benzene rings is 1. The Bertz CT molecular complexity index is 882. The zero-order chi connectivity index (χ0) is 20.9. The maximum atomic E-state index is 4.38. The topological polar surface area (TPSA) is 0 Å². The Morgan fingerprint density at radius 2 is 1.73 bits per heavy atom. The van der Waals surface area contributed by atoms with Crippen LogP contribution in [-0.2, 0) is 6.42 Å². The Hall–Kier alpha value is -1.48. The molecule has 5 rings (SSSR count). The summed E-state index contributed by atoms with van der Waals surface area (Å²) < 4.78 is 0. The monoisotopic (exact) mass is 400 g/mol. The second-order valence-electron chi connectivity index (χ2n) is 11.8. The van der Waals surface area contributed by atoms with E-state index in [-0.39, 0.29) is 0 Å². The molecular formula is C30H40. The Labute approximate surface area is 184 Å². The molecule has 4 unspecified atom stereocenters. The summed E-state index contributed by atoms with van der Waals surface area (Å²) in [5, 5.41) is 0. The van der Waals surface area contributed by atoms with E-state index >= 15 is 0 Å². The van der Waals surface area contributed by atoms with Crippen molar-refractivity contribution >= 4 is 0 Å². The van der Waals surface area contributed by atoms with Gasteiger partial charge in [-0.3, -0.25) is 0 Å². The van der Waals surface area contributed by atoms with Crippen LogP contribution in [0.2, 0.25) is 0 Å². The summed E-state index contributed by atoms with van der Waals surface area (Å²) in [6.45, 7) is 11.3. The van der Waals surface area contributed by atoms with Crippen molar-refractivity contribution in [3.8, 4) is 11.8 Å². The Balaban J connectivity index is 1.24. The second kappa shape index (κ2) is 7.58. The smallest absolute Gasteiger partial charge is 0.0254 e. The fourth-order valence-corrected chi connectivity index (χ4v) is 7.74. The molecule has 1 aromatic rings. The molecule has 4 fully saturated rings. The summed E-state index contributed by atoms with van der Waals surface area (Å²) in [4.78, 5) is 0. The van der Waals surface area contributed by atoms with Gasteiger partial charge in [0.25, 0.3) is 0 Å². The van der Waals surface area contributed by atoms with Gasteiger partial charge in [0.15, 0.2) is 0 Å². The highest BCUT2D eigenvalue weighted by atomic mass is 14.7. The standard InChI is InChI=1S/C30H40/c1-5-23-16-22(3)17-24(18-23)7-6-21(2)20-29(4)12-14-30(15-13-29)27-11-10-25(27)8-9-26-19-28(26)30/h16-18,25-28H,2,5,8-15,19-20H2,1,3-4H3. The Morgan fingerprint density at radius 1 is 1.00 bits per heavy atom. The van der Waals surface area contributed by atoms with Gasteiger partial charge in [0, 0.05) is 5.56 Å². The summed E-state index contributed by atoms with van der Waals surface area (Å²) in [7, 11) is 0. The van der Waals surface area contributed by atoms with Crippen molar-refractivity contribution in [1.29, 1.82) is 0 Å². The highest BCUT2D eigenvalue weighted by Gasteiger charge is 2.62. The minimum atomic E-state index is 0.411. The van der Waals surface area contributed by atoms with E-state index in [0.29, 0.717) is 5.41 Å². The maximum Gasteiger partial charge on any atom is 0.0254 e. The third kappa shape index (κ3) is 3.68. The summed E-state index contributed by atoms with van der Waals surface area (Å²) in [5.74, 6) is 11.2. The molecule has 4 atom stereocenters. The van der Waals surface area contributed by atoms with Gasteiger partial charge in [0.1, 0.15) is 0 Å². The quantitative estimate of drug-likeness (QED) is 0.453. The van der Waals surface area contributed by atoms with E-state index in [0.717, 1.165) is 53.1 Å². The van der Waals surface area contributed by atoms with Crippen LogP contribution in [0.3, 0.4) is 0 Å². The first-order chi connectivity index (χ1) is 14.4. The molecule has 0 N–H and O–H groups in total. The van der Waals surface area contributed by atoms with Crippen LogP contribution in [0.5, 0.6) is 0 Å². The van der Waals surface area contributed by atoms with Gasteiger partial charge in [-0.05, 0) is 141 Å². The number of fused-ring (bicyclic) bond motifs is 4. The maximum absolute atomic E-state index is 4.38. The van der Waals surface area contributed by atoms with Crippen molar-refractivity contribution in [2.45, 2.75) is 91.4 Å². The van der Waals surface area contributed by atoms with E-state index in [1.807, 2.05) is 0 Å². The fourth-order valence-electron chi connectivity index (χ4n) is 7.74. The molecule has 0 aromatic heterocycles. The molecule has 160 valence electrons. The predicted molar refractivity (Wildman–Crippen MR) is 127 cm³/mol. The molecule has 0 saturated heterocycles. The van der Waals surface area contributed by atoms with Gasteiger partial charge in [-0.15, -0.1) is 0 Å². The minimum Gasteiger partial charge on any atom is -0.0874 e. The van der Waals surface area contributed by atoms with Crippen molar-refractivity contribution in [3.63, 3.8) is 0 Å². The first-order valence-corrected chi connectivity index (χ1v) is 12.7. The van der Waals surface area contributed by atoms with Gasteiger partial charge in [-0.2, -0.15) is 0 Å². The summed E-state index contributed by atoms with van der Waals surface area (Å²) in [6.07, 6.45) is 15.7. The van der Waals surface area contributed by atoms with Crippen molar-refractivity contribution in [2.75, 3.05) is 0 Å². The number of hydrogen-bond acceptors (Lipinski definition) is 0. The lowest BCUT2D eigenvalue weighted by molar-refractivity contribution is -0.0514. The molecule has 0 heteroatoms. The minimum absolute atomic E-state index is 0.411. The number of allylic oxidation sites excluding steroid dienone is 1. The molecule has 0 aliphatic heterocycles. The molecule has 0 bridgehead atoms. The molecule has 1 aromatic carbocycles. The molecule has 4 aliphatic carbocycles. The molecule has 1 spiro atoms. The van der Waals surface area contributed by atoms with Crippen LogP contribution in [0, 0.1) is 53.3 Å². The largest absolute Gasteiger partial charge is 0.0874 e. The molecule has 0 amide bonds. The fraction of sp³-hybridized carbons (Fsp3) is 0.667. The summed E-state index contributed by atoms with van der Waals surface area (Å²) >= 11 is 0. The third-order valence-corrected chi connectivity index (χ3v) is 9.68. The van der Waals surface area contributed by atoms with E-state index in [1.54, 1.807) is 25.7 Å². The zero-order valence-corrected chi connectivity index (χ0v) is 19.5. The first-order valence-electron chi connectivity index (χ1n) is 12.7. The van der Waals surface area contributed by atoms with Crippen LogP contribution in [-0.4, -0.2) is 0 Å². The lowest BCUT2D eigenvalue weighted by Crippen LogP contribution is -2.46. The van der Waals surface area contributed by atoms with E-state index < -0.39 is 0 Å². The number of aryl methyl sites for hydroxylation is 2. The molecule has 30 heavy (non-hydrogen) atoms. The molecule has 0 heterocycles. The van der Waals surface area contributed by atoms with E-state index in [2.05, 4.69) is 57.4 Å². The normalized spacial score (nSPS) is 39.0. The lowest BCUT2D eigenvalue weighted by atomic mass is 9.50. The van der Waals surface area contributed by atoms with Crippen LogP contribution < -0.4 is 0 Å². The average molecular weight is 401 g/mol. The number of rotatable bonds is 3. The van der Waals surface area contributed by atoms with Gasteiger partial charge < -0.3 is 0 Å². The highest BCUT2D eigenvalue weighted by molar-refractivity contribution is 5.44. The highest BCUT2D eigenvalue weighted by Crippen LogP contribution is 2.71. The van der Waals surface area contributed by atoms with Gasteiger partial charge >= 0.3 is 0 Å². The van der Waals surface area contributed by atoms with Crippen LogP contribution in [0.15, 0.2) is 30.4 Å². The number of hydrogen-bond donors (Lipinski definition) is 0. The Morgan fingerprint density at radius 3 is 2.43 bits per heavy atom. The van der Waals surface area contributed by atoms with Crippen LogP contribution >= 0.6 is 0 Å². The van der Waals surface area contributed by atoms with Crippen molar-refractivity contribution in [3.05, 3.63) is 47.0 Å². The third-order valence-electron chi connectivity index (χ3n) is 9.68. The molecule has 4 aliphatic rings. The zero-order valence-electron chi connectivity index (χ0n) is 19.5. The van der Waals surface area contributed by atoms with E-state index in [4.69, 9.17) is 0 Å². The SMILES string of the molecule is C=C(C#Cc1cc(C)cc(CC)c1)CC1(C)CCC2(CC1)C1CCC1CCC1CC12. The summed E-state index contributed by atoms with van der Waals surface area (Å²) in [6, 6.07) is 6.72. The van der Waals surface area contributed by atoms with Crippen LogP contribution in [0.4, 0.5) is 0 Å². The molecule has 0 radical (unpaired) electrons. The van der Waals surface area contributed by atoms with Crippen LogP contribution in [0.1, 0.15) is 94.7 Å². The van der Waals surface area contributed by atoms with Gasteiger partial charge in [-0.25, -0.2) is 0 Å². The lowest BCUT2D eigenvalue weighted by Gasteiger charge is -2.55. The van der Waals surface area contributed by atoms with Crippen molar-refractivity contribution in [1.82, 2.24) is 0 Å². The van der Waals surface area contributed by atoms with Crippen LogP contribution in [0.25, 0.3) is 0 Å². The van der Waals surface area contributed by atoms with E-state index in [1.165, 1.54) is 43.2 Å². The predicted octanol–water partition coefficient (Wildman–Crippen LogP) is 7.88. The van der Waals surface area contributed by atoms with Crippen molar-refractivity contribution < 1.29 is 0 Å². The second-order valence-corrected chi connectivity index (χ2v) is 11.8. The van der Waals surface area contributed by atoms with E-state index in [9.17, 15) is 0 Å². The Kier molecular flexibility index (Phi) is 5.16. The molecule has 4 saturated carbocycles. The van der Waals surface area contributed by atoms with Gasteiger partial charge in [-0.1, -0.05) is 38.3 Å². The van der Waals surface area contributed by atoms with Crippen molar-refractivity contribution in [2.24, 2.45) is 34.5 Å². The van der Waals surface area contributed by atoms with Gasteiger partial charge in [0.2, 0.25) is 0 Å². The summed E-state index contributed by atoms with van der Waals surface area (Å²) in [5.41, 5.74) is 6.12. The average Bonchev–Trinajstić information content (AvgIpc) is 3.47. The first kappa shape index (κ1) is 20.4. The molecule has 0 nitrogen and oxygen atoms in total. The molecular weight excluding hydrogens is 360 g/mol.